The molecule has 0 aromatic heterocycles. The number of halogens is 1. The molecule has 0 heterocycles. The molecule has 1 fully saturated rings. The van der Waals surface area contributed by atoms with Crippen LogP contribution >= 0.6 is 15.9 Å². The molecular formula is C15H23BrN2O. The second-order valence-corrected chi connectivity index (χ2v) is 6.32. The number of nitrogens with zero attached hydrogens (tertiary/aromatic N) is 1. The molecule has 106 valence electrons. The molecule has 0 aliphatic heterocycles. The van der Waals surface area contributed by atoms with Gasteiger partial charge < -0.3 is 10.5 Å². The van der Waals surface area contributed by atoms with Crippen molar-refractivity contribution in [2.24, 2.45) is 5.73 Å². The molecule has 1 saturated carbocycles. The number of ether oxygens (including phenoxy) is 1. The zero-order chi connectivity index (χ0) is 13.9. The van der Waals surface area contributed by atoms with Crippen LogP contribution in [0.15, 0.2) is 28.7 Å². The summed E-state index contributed by atoms with van der Waals surface area (Å²) >= 11 is 3.52. The molecule has 1 aliphatic rings. The third-order valence-electron chi connectivity index (χ3n) is 4.12. The van der Waals surface area contributed by atoms with Gasteiger partial charge in [0.2, 0.25) is 0 Å². The zero-order valence-corrected chi connectivity index (χ0v) is 13.3. The lowest BCUT2D eigenvalue weighted by molar-refractivity contribution is -0.0947. The molecule has 19 heavy (non-hydrogen) atoms. The third-order valence-corrected chi connectivity index (χ3v) is 4.61. The number of hydrogen-bond acceptors (Lipinski definition) is 3. The van der Waals surface area contributed by atoms with E-state index in [1.165, 1.54) is 5.56 Å². The standard InChI is InChI=1S/C15H23BrN2O/c1-3-19-14-8-15(9-14,11-17)18(2)10-12-5-4-6-13(16)7-12/h4-7,14H,3,8-11,17H2,1-2H3. The van der Waals surface area contributed by atoms with E-state index in [1.807, 2.05) is 6.92 Å². The zero-order valence-electron chi connectivity index (χ0n) is 11.7. The Morgan fingerprint density at radius 3 is 2.79 bits per heavy atom. The van der Waals surface area contributed by atoms with Gasteiger partial charge in [0.15, 0.2) is 0 Å². The first-order chi connectivity index (χ1) is 9.09. The van der Waals surface area contributed by atoms with Crippen LogP contribution in [0.3, 0.4) is 0 Å². The van der Waals surface area contributed by atoms with Crippen LogP contribution in [0.25, 0.3) is 0 Å². The molecule has 4 heteroatoms. The van der Waals surface area contributed by atoms with Crippen molar-refractivity contribution >= 4 is 15.9 Å². The predicted molar refractivity (Wildman–Crippen MR) is 82.0 cm³/mol. The largest absolute Gasteiger partial charge is 0.378 e. The first kappa shape index (κ1) is 15.0. The van der Waals surface area contributed by atoms with Gasteiger partial charge in [0, 0.05) is 29.7 Å². The number of likely N-dealkylation sites (N-methyl/N-ethyl adjacent to an activating group) is 1. The van der Waals surface area contributed by atoms with Gasteiger partial charge in [-0.05, 0) is 44.5 Å². The highest BCUT2D eigenvalue weighted by Crippen LogP contribution is 2.39. The van der Waals surface area contributed by atoms with Crippen molar-refractivity contribution in [3.8, 4) is 0 Å². The SMILES string of the molecule is CCOC1CC(CN)(N(C)Cc2cccc(Br)c2)C1. The molecule has 1 aromatic rings. The summed E-state index contributed by atoms with van der Waals surface area (Å²) in [5.74, 6) is 0. The molecule has 0 unspecified atom stereocenters. The molecule has 3 nitrogen and oxygen atoms in total. The van der Waals surface area contributed by atoms with Gasteiger partial charge in [-0.2, -0.15) is 0 Å². The Bertz CT molecular complexity index is 418. The number of benzene rings is 1. The van der Waals surface area contributed by atoms with Crippen LogP contribution in [0.2, 0.25) is 0 Å². The summed E-state index contributed by atoms with van der Waals surface area (Å²) in [7, 11) is 2.16. The summed E-state index contributed by atoms with van der Waals surface area (Å²) in [4.78, 5) is 2.38. The quantitative estimate of drug-likeness (QED) is 0.873. The van der Waals surface area contributed by atoms with E-state index in [-0.39, 0.29) is 5.54 Å². The van der Waals surface area contributed by atoms with E-state index in [2.05, 4.69) is 52.1 Å². The lowest BCUT2D eigenvalue weighted by Gasteiger charge is -2.52. The lowest BCUT2D eigenvalue weighted by atomic mass is 9.73. The third kappa shape index (κ3) is 3.37. The fourth-order valence-electron chi connectivity index (χ4n) is 2.85. The minimum absolute atomic E-state index is 0.113. The van der Waals surface area contributed by atoms with Crippen LogP contribution in [0, 0.1) is 0 Å². The normalized spacial score (nSPS) is 26.5. The van der Waals surface area contributed by atoms with Crippen molar-refractivity contribution in [3.63, 3.8) is 0 Å². The van der Waals surface area contributed by atoms with Crippen LogP contribution < -0.4 is 5.73 Å². The van der Waals surface area contributed by atoms with Crippen molar-refractivity contribution < 1.29 is 4.74 Å². The van der Waals surface area contributed by atoms with Crippen LogP contribution in [-0.2, 0) is 11.3 Å². The van der Waals surface area contributed by atoms with Gasteiger partial charge in [-0.3, -0.25) is 4.90 Å². The van der Waals surface area contributed by atoms with E-state index < -0.39 is 0 Å². The maximum absolute atomic E-state index is 6.01. The highest BCUT2D eigenvalue weighted by molar-refractivity contribution is 9.10. The second kappa shape index (κ2) is 6.35. The Kier molecular flexibility index (Phi) is 5.01. The summed E-state index contributed by atoms with van der Waals surface area (Å²) in [5.41, 5.74) is 7.43. The van der Waals surface area contributed by atoms with Crippen molar-refractivity contribution in [2.75, 3.05) is 20.2 Å². The monoisotopic (exact) mass is 326 g/mol. The smallest absolute Gasteiger partial charge is 0.0611 e. The van der Waals surface area contributed by atoms with Crippen LogP contribution in [0.4, 0.5) is 0 Å². The molecule has 0 bridgehead atoms. The first-order valence-corrected chi connectivity index (χ1v) is 7.66. The van der Waals surface area contributed by atoms with Gasteiger partial charge in [0.25, 0.3) is 0 Å². The summed E-state index contributed by atoms with van der Waals surface area (Å²) in [6.45, 7) is 4.46. The Morgan fingerprint density at radius 2 is 2.21 bits per heavy atom. The van der Waals surface area contributed by atoms with Gasteiger partial charge >= 0.3 is 0 Å². The highest BCUT2D eigenvalue weighted by Gasteiger charge is 2.46. The molecule has 2 N–H and O–H groups in total. The molecule has 2 rings (SSSR count). The molecule has 0 amide bonds. The average Bonchev–Trinajstić information content (AvgIpc) is 2.33. The minimum atomic E-state index is 0.113. The molecule has 0 spiro atoms. The van der Waals surface area contributed by atoms with Crippen LogP contribution in [0.5, 0.6) is 0 Å². The Labute approximate surface area is 124 Å². The maximum atomic E-state index is 6.01. The fraction of sp³-hybridized carbons (Fsp3) is 0.600. The van der Waals surface area contributed by atoms with Crippen molar-refractivity contribution in [1.82, 2.24) is 4.90 Å². The van der Waals surface area contributed by atoms with Gasteiger partial charge in [-0.1, -0.05) is 28.1 Å². The molecule has 0 saturated heterocycles. The Morgan fingerprint density at radius 1 is 1.47 bits per heavy atom. The summed E-state index contributed by atoms with van der Waals surface area (Å²) in [6.07, 6.45) is 2.47. The van der Waals surface area contributed by atoms with Crippen molar-refractivity contribution in [3.05, 3.63) is 34.3 Å². The molecule has 0 atom stereocenters. The maximum Gasteiger partial charge on any atom is 0.0611 e. The first-order valence-electron chi connectivity index (χ1n) is 6.87. The number of rotatable bonds is 6. The van der Waals surface area contributed by atoms with E-state index >= 15 is 0 Å². The van der Waals surface area contributed by atoms with Crippen LogP contribution in [0.1, 0.15) is 25.3 Å². The van der Waals surface area contributed by atoms with Gasteiger partial charge in [-0.25, -0.2) is 0 Å². The van der Waals surface area contributed by atoms with Crippen LogP contribution in [-0.4, -0.2) is 36.7 Å². The summed E-state index contributed by atoms with van der Waals surface area (Å²) in [6, 6.07) is 8.45. The minimum Gasteiger partial charge on any atom is -0.378 e. The van der Waals surface area contributed by atoms with Crippen molar-refractivity contribution in [1.29, 1.82) is 0 Å². The Hall–Kier alpha value is -0.420. The molecular weight excluding hydrogens is 304 g/mol. The lowest BCUT2D eigenvalue weighted by Crippen LogP contribution is -2.62. The van der Waals surface area contributed by atoms with E-state index in [1.54, 1.807) is 0 Å². The van der Waals surface area contributed by atoms with E-state index in [4.69, 9.17) is 10.5 Å². The molecule has 1 aliphatic carbocycles. The Balaban J connectivity index is 1.97. The number of hydrogen-bond donors (Lipinski definition) is 1. The molecule has 1 aromatic carbocycles. The van der Waals surface area contributed by atoms with Crippen molar-refractivity contribution in [2.45, 2.75) is 38.0 Å². The summed E-state index contributed by atoms with van der Waals surface area (Å²) < 4.78 is 6.79. The fourth-order valence-corrected chi connectivity index (χ4v) is 3.30. The highest BCUT2D eigenvalue weighted by atomic mass is 79.9. The number of nitrogens with two attached hydrogens (primary N) is 1. The summed E-state index contributed by atoms with van der Waals surface area (Å²) in [5, 5.41) is 0. The average molecular weight is 327 g/mol. The topological polar surface area (TPSA) is 38.5 Å². The van der Waals surface area contributed by atoms with Gasteiger partial charge in [0.1, 0.15) is 0 Å². The molecule has 0 radical (unpaired) electrons. The van der Waals surface area contributed by atoms with Gasteiger partial charge in [0.05, 0.1) is 6.10 Å². The second-order valence-electron chi connectivity index (χ2n) is 5.40. The van der Waals surface area contributed by atoms with Gasteiger partial charge in [-0.15, -0.1) is 0 Å². The van der Waals surface area contributed by atoms with E-state index in [0.29, 0.717) is 12.6 Å². The van der Waals surface area contributed by atoms with E-state index in [9.17, 15) is 0 Å². The predicted octanol–water partition coefficient (Wildman–Crippen LogP) is 2.78. The van der Waals surface area contributed by atoms with E-state index in [0.717, 1.165) is 30.5 Å².